The molecule has 0 aliphatic carbocycles. The van der Waals surface area contributed by atoms with Crippen LogP contribution in [0, 0.1) is 0 Å². The van der Waals surface area contributed by atoms with Gasteiger partial charge in [0.05, 0.1) is 0 Å². The van der Waals surface area contributed by atoms with Gasteiger partial charge in [0, 0.05) is 23.4 Å². The highest BCUT2D eigenvalue weighted by Crippen LogP contribution is 2.22. The summed E-state index contributed by atoms with van der Waals surface area (Å²) in [7, 11) is 0. The Hall–Kier alpha value is -2.09. The second kappa shape index (κ2) is 7.07. The van der Waals surface area contributed by atoms with E-state index in [1.54, 1.807) is 0 Å². The number of carbonyl (C=O) groups is 1. The van der Waals surface area contributed by atoms with Crippen LogP contribution in [0.5, 0.6) is 0 Å². The topological polar surface area (TPSA) is 29.1 Å². The van der Waals surface area contributed by atoms with E-state index in [1.165, 1.54) is 11.1 Å². The molecule has 0 bridgehead atoms. The first-order valence-corrected chi connectivity index (χ1v) is 7.70. The predicted octanol–water partition coefficient (Wildman–Crippen LogP) is 4.47. The molecule has 0 atom stereocenters. The summed E-state index contributed by atoms with van der Waals surface area (Å²) in [6, 6.07) is 14.0. The SMILES string of the molecule is CCNc1cc(CC)ccc1C(=O)c1ccc(CC)cc1. The molecule has 110 valence electrons. The fourth-order valence-corrected chi connectivity index (χ4v) is 2.39. The molecule has 1 N–H and O–H groups in total. The normalized spacial score (nSPS) is 10.4. The van der Waals surface area contributed by atoms with Crippen LogP contribution in [0.4, 0.5) is 5.69 Å². The number of benzene rings is 2. The van der Waals surface area contributed by atoms with Gasteiger partial charge in [-0.15, -0.1) is 0 Å². The van der Waals surface area contributed by atoms with E-state index >= 15 is 0 Å². The van der Waals surface area contributed by atoms with Crippen molar-refractivity contribution in [3.63, 3.8) is 0 Å². The maximum absolute atomic E-state index is 12.7. The lowest BCUT2D eigenvalue weighted by molar-refractivity contribution is 0.103. The lowest BCUT2D eigenvalue weighted by Gasteiger charge is -2.12. The third kappa shape index (κ3) is 3.52. The Balaban J connectivity index is 2.36. The Bertz CT molecular complexity index is 614. The summed E-state index contributed by atoms with van der Waals surface area (Å²) in [5, 5.41) is 3.30. The lowest BCUT2D eigenvalue weighted by Crippen LogP contribution is -2.08. The van der Waals surface area contributed by atoms with Gasteiger partial charge in [-0.3, -0.25) is 4.79 Å². The molecule has 0 aromatic heterocycles. The van der Waals surface area contributed by atoms with E-state index in [4.69, 9.17) is 0 Å². The van der Waals surface area contributed by atoms with Gasteiger partial charge in [-0.25, -0.2) is 0 Å². The highest BCUT2D eigenvalue weighted by Gasteiger charge is 2.13. The molecule has 0 saturated carbocycles. The molecule has 2 aromatic carbocycles. The highest BCUT2D eigenvalue weighted by molar-refractivity contribution is 6.12. The molecule has 0 unspecified atom stereocenters. The van der Waals surface area contributed by atoms with Crippen molar-refractivity contribution in [2.24, 2.45) is 0 Å². The monoisotopic (exact) mass is 281 g/mol. The zero-order valence-electron chi connectivity index (χ0n) is 13.1. The average Bonchev–Trinajstić information content (AvgIpc) is 2.54. The number of anilines is 1. The molecule has 0 radical (unpaired) electrons. The number of hydrogen-bond acceptors (Lipinski definition) is 2. The van der Waals surface area contributed by atoms with Crippen LogP contribution in [0.2, 0.25) is 0 Å². The van der Waals surface area contributed by atoms with Crippen molar-refractivity contribution in [1.29, 1.82) is 0 Å². The third-order valence-corrected chi connectivity index (χ3v) is 3.73. The van der Waals surface area contributed by atoms with Gasteiger partial charge in [-0.2, -0.15) is 0 Å². The van der Waals surface area contributed by atoms with Gasteiger partial charge in [0.1, 0.15) is 0 Å². The summed E-state index contributed by atoms with van der Waals surface area (Å²) in [6.45, 7) is 7.09. The zero-order valence-corrected chi connectivity index (χ0v) is 13.1. The van der Waals surface area contributed by atoms with Crippen LogP contribution in [0.25, 0.3) is 0 Å². The van der Waals surface area contributed by atoms with Gasteiger partial charge in [0.25, 0.3) is 0 Å². The summed E-state index contributed by atoms with van der Waals surface area (Å²) >= 11 is 0. The molecule has 0 spiro atoms. The van der Waals surface area contributed by atoms with Gasteiger partial charge in [-0.05, 0) is 43.0 Å². The maximum Gasteiger partial charge on any atom is 0.195 e. The Labute approximate surface area is 127 Å². The smallest absolute Gasteiger partial charge is 0.195 e. The second-order valence-electron chi connectivity index (χ2n) is 5.14. The van der Waals surface area contributed by atoms with Crippen LogP contribution in [0.1, 0.15) is 47.8 Å². The van der Waals surface area contributed by atoms with E-state index in [0.29, 0.717) is 0 Å². The summed E-state index contributed by atoms with van der Waals surface area (Å²) < 4.78 is 0. The fourth-order valence-electron chi connectivity index (χ4n) is 2.39. The van der Waals surface area contributed by atoms with E-state index in [1.807, 2.05) is 43.3 Å². The molecule has 0 saturated heterocycles. The number of carbonyl (C=O) groups excluding carboxylic acids is 1. The molecule has 0 heterocycles. The van der Waals surface area contributed by atoms with Gasteiger partial charge in [-0.1, -0.05) is 44.2 Å². The predicted molar refractivity (Wildman–Crippen MR) is 89.2 cm³/mol. The highest BCUT2D eigenvalue weighted by atomic mass is 16.1. The van der Waals surface area contributed by atoms with Crippen molar-refractivity contribution >= 4 is 11.5 Å². The minimum Gasteiger partial charge on any atom is -0.385 e. The minimum atomic E-state index is 0.0799. The molecule has 0 aliphatic rings. The first-order chi connectivity index (χ1) is 10.2. The zero-order chi connectivity index (χ0) is 15.2. The first kappa shape index (κ1) is 15.3. The molecular weight excluding hydrogens is 258 g/mol. The van der Waals surface area contributed by atoms with E-state index in [9.17, 15) is 4.79 Å². The molecule has 21 heavy (non-hydrogen) atoms. The van der Waals surface area contributed by atoms with Crippen LogP contribution in [-0.4, -0.2) is 12.3 Å². The average molecular weight is 281 g/mol. The van der Waals surface area contributed by atoms with Crippen molar-refractivity contribution < 1.29 is 4.79 Å². The van der Waals surface area contributed by atoms with Crippen molar-refractivity contribution in [1.82, 2.24) is 0 Å². The van der Waals surface area contributed by atoms with Crippen molar-refractivity contribution in [3.05, 3.63) is 64.7 Å². The van der Waals surface area contributed by atoms with Gasteiger partial charge < -0.3 is 5.32 Å². The minimum absolute atomic E-state index is 0.0799. The van der Waals surface area contributed by atoms with Gasteiger partial charge in [0.15, 0.2) is 5.78 Å². The first-order valence-electron chi connectivity index (χ1n) is 7.70. The van der Waals surface area contributed by atoms with Gasteiger partial charge in [0.2, 0.25) is 0 Å². The van der Waals surface area contributed by atoms with E-state index in [2.05, 4.69) is 25.2 Å². The largest absolute Gasteiger partial charge is 0.385 e. The number of ketones is 1. The Morgan fingerprint density at radius 2 is 1.52 bits per heavy atom. The summed E-state index contributed by atoms with van der Waals surface area (Å²) in [6.07, 6.45) is 1.96. The Morgan fingerprint density at radius 1 is 0.905 bits per heavy atom. The van der Waals surface area contributed by atoms with Crippen LogP contribution in [0.3, 0.4) is 0 Å². The number of hydrogen-bond donors (Lipinski definition) is 1. The molecule has 2 nitrogen and oxygen atoms in total. The summed E-state index contributed by atoms with van der Waals surface area (Å²) in [5.74, 6) is 0.0799. The number of aryl methyl sites for hydroxylation is 2. The van der Waals surface area contributed by atoms with Crippen LogP contribution in [-0.2, 0) is 12.8 Å². The van der Waals surface area contributed by atoms with Crippen molar-refractivity contribution in [2.45, 2.75) is 33.6 Å². The van der Waals surface area contributed by atoms with Crippen LogP contribution < -0.4 is 5.32 Å². The van der Waals surface area contributed by atoms with Crippen molar-refractivity contribution in [2.75, 3.05) is 11.9 Å². The number of nitrogens with one attached hydrogen (secondary N) is 1. The lowest BCUT2D eigenvalue weighted by atomic mass is 9.98. The molecule has 2 aromatic rings. The standard InChI is InChI=1S/C19H23NO/c1-4-14-7-10-16(11-8-14)19(21)17-12-9-15(5-2)13-18(17)20-6-3/h7-13,20H,4-6H2,1-3H3. The second-order valence-corrected chi connectivity index (χ2v) is 5.14. The van der Waals surface area contributed by atoms with Crippen LogP contribution >= 0.6 is 0 Å². The maximum atomic E-state index is 12.7. The van der Waals surface area contributed by atoms with E-state index in [0.717, 1.165) is 36.2 Å². The molecule has 2 heteroatoms. The third-order valence-electron chi connectivity index (χ3n) is 3.73. The fraction of sp³-hybridized carbons (Fsp3) is 0.316. The quantitative estimate of drug-likeness (QED) is 0.791. The molecule has 2 rings (SSSR count). The molecule has 0 aliphatic heterocycles. The molecule has 0 fully saturated rings. The van der Waals surface area contributed by atoms with Gasteiger partial charge >= 0.3 is 0 Å². The molecular formula is C19H23NO. The Morgan fingerprint density at radius 3 is 2.10 bits per heavy atom. The van der Waals surface area contributed by atoms with Crippen LogP contribution in [0.15, 0.2) is 42.5 Å². The summed E-state index contributed by atoms with van der Waals surface area (Å²) in [5.41, 5.74) is 4.92. The Kier molecular flexibility index (Phi) is 5.15. The van der Waals surface area contributed by atoms with E-state index in [-0.39, 0.29) is 5.78 Å². The summed E-state index contributed by atoms with van der Waals surface area (Å²) in [4.78, 5) is 12.7. The molecule has 0 amide bonds. The number of rotatable bonds is 6. The van der Waals surface area contributed by atoms with Crippen molar-refractivity contribution in [3.8, 4) is 0 Å². The van der Waals surface area contributed by atoms with E-state index < -0.39 is 0 Å².